The number of nitrogens with one attached hydrogen (secondary N) is 1. The van der Waals surface area contributed by atoms with Crippen LogP contribution in [0.1, 0.15) is 31.0 Å². The van der Waals surface area contributed by atoms with Crippen LogP contribution in [0.3, 0.4) is 0 Å². The number of aromatic nitrogens is 3. The molecule has 0 unspecified atom stereocenters. The normalized spacial score (nSPS) is 15.4. The number of halogens is 2. The molecule has 0 saturated heterocycles. The molecular weight excluding hydrogens is 439 g/mol. The molecule has 31 heavy (non-hydrogen) atoms. The van der Waals surface area contributed by atoms with Crippen molar-refractivity contribution in [3.63, 3.8) is 0 Å². The molecule has 1 N–H and O–H groups in total. The van der Waals surface area contributed by atoms with Gasteiger partial charge in [0.25, 0.3) is 0 Å². The van der Waals surface area contributed by atoms with Crippen LogP contribution in [0, 0.1) is 5.82 Å². The molecule has 1 aromatic heterocycles. The van der Waals surface area contributed by atoms with Crippen molar-refractivity contribution >= 4 is 35.3 Å². The predicted molar refractivity (Wildman–Crippen MR) is 119 cm³/mol. The number of hydrogen-bond donors (Lipinski definition) is 1. The Kier molecular flexibility index (Phi) is 6.29. The van der Waals surface area contributed by atoms with Crippen LogP contribution in [0.4, 0.5) is 10.3 Å². The molecule has 0 amide bonds. The number of rotatable bonds is 6. The summed E-state index contributed by atoms with van der Waals surface area (Å²) in [4.78, 5) is 17.3. The Morgan fingerprint density at radius 2 is 2.06 bits per heavy atom. The number of nitrogens with zero attached hydrogens (tertiary/aromatic N) is 3. The number of carbonyl (C=O) groups excluding carboxylic acids is 1. The van der Waals surface area contributed by atoms with Crippen LogP contribution in [-0.4, -0.2) is 27.3 Å². The second-order valence-corrected chi connectivity index (χ2v) is 8.30. The quantitative estimate of drug-likeness (QED) is 0.403. The average molecular weight is 459 g/mol. The number of hydrogen-bond acceptors (Lipinski definition) is 6. The third kappa shape index (κ3) is 4.60. The van der Waals surface area contributed by atoms with Gasteiger partial charge >= 0.3 is 5.97 Å². The minimum Gasteiger partial charge on any atom is -0.463 e. The Morgan fingerprint density at radius 3 is 2.77 bits per heavy atom. The second-order valence-electron chi connectivity index (χ2n) is 6.92. The van der Waals surface area contributed by atoms with Crippen molar-refractivity contribution in [2.75, 3.05) is 11.9 Å². The summed E-state index contributed by atoms with van der Waals surface area (Å²) in [6.45, 7) is 3.85. The zero-order valence-electron chi connectivity index (χ0n) is 16.9. The van der Waals surface area contributed by atoms with E-state index in [0.29, 0.717) is 33.2 Å². The van der Waals surface area contributed by atoms with Gasteiger partial charge in [-0.25, -0.2) is 13.9 Å². The van der Waals surface area contributed by atoms with Gasteiger partial charge in [-0.1, -0.05) is 47.6 Å². The summed E-state index contributed by atoms with van der Waals surface area (Å²) in [5.74, 6) is 0.345. The maximum absolute atomic E-state index is 13.5. The molecule has 2 heterocycles. The highest BCUT2D eigenvalue weighted by Crippen LogP contribution is 2.37. The summed E-state index contributed by atoms with van der Waals surface area (Å²) in [7, 11) is 0. The molecule has 0 bridgehead atoms. The first-order valence-electron chi connectivity index (χ1n) is 9.70. The minimum atomic E-state index is -0.511. The van der Waals surface area contributed by atoms with E-state index in [4.69, 9.17) is 16.3 Å². The molecule has 160 valence electrons. The highest BCUT2D eigenvalue weighted by atomic mass is 35.5. The van der Waals surface area contributed by atoms with Crippen LogP contribution in [0.25, 0.3) is 0 Å². The SMILES string of the molecule is CCOC(=O)C1=C(C)Nc2nc(SCc3cccc(F)c3)nn2[C@@H]1c1ccc(Cl)cc1. The molecule has 0 fully saturated rings. The van der Waals surface area contributed by atoms with E-state index < -0.39 is 12.0 Å². The van der Waals surface area contributed by atoms with Gasteiger partial charge in [0.1, 0.15) is 11.9 Å². The lowest BCUT2D eigenvalue weighted by atomic mass is 9.96. The first kappa shape index (κ1) is 21.4. The van der Waals surface area contributed by atoms with E-state index in [-0.39, 0.29) is 12.4 Å². The van der Waals surface area contributed by atoms with Crippen LogP contribution < -0.4 is 5.32 Å². The Hall–Kier alpha value is -2.84. The van der Waals surface area contributed by atoms with Crippen LogP contribution in [0.5, 0.6) is 0 Å². The lowest BCUT2D eigenvalue weighted by Crippen LogP contribution is -2.29. The second kappa shape index (κ2) is 9.11. The molecule has 4 rings (SSSR count). The van der Waals surface area contributed by atoms with Gasteiger partial charge < -0.3 is 10.1 Å². The molecule has 3 aromatic rings. The van der Waals surface area contributed by atoms with Gasteiger partial charge in [0, 0.05) is 16.5 Å². The van der Waals surface area contributed by atoms with E-state index in [1.807, 2.05) is 25.1 Å². The number of thioether (sulfide) groups is 1. The molecule has 1 aliphatic heterocycles. The summed E-state index contributed by atoms with van der Waals surface area (Å²) in [5.41, 5.74) is 2.78. The zero-order chi connectivity index (χ0) is 22.0. The minimum absolute atomic E-state index is 0.266. The highest BCUT2D eigenvalue weighted by molar-refractivity contribution is 7.98. The molecule has 2 aromatic carbocycles. The van der Waals surface area contributed by atoms with Gasteiger partial charge in [-0.3, -0.25) is 0 Å². The number of ether oxygens (including phenoxy) is 1. The molecule has 1 atom stereocenters. The molecule has 1 aliphatic rings. The number of allylic oxidation sites excluding steroid dienone is 1. The monoisotopic (exact) mass is 458 g/mol. The smallest absolute Gasteiger partial charge is 0.338 e. The van der Waals surface area contributed by atoms with E-state index in [1.54, 1.807) is 29.8 Å². The summed E-state index contributed by atoms with van der Waals surface area (Å²) in [5, 5.41) is 8.91. The van der Waals surface area contributed by atoms with Crippen molar-refractivity contribution in [1.29, 1.82) is 0 Å². The van der Waals surface area contributed by atoms with Crippen molar-refractivity contribution in [2.45, 2.75) is 30.8 Å². The fourth-order valence-corrected chi connectivity index (χ4v) is 4.29. The standard InChI is InChI=1S/C22H20ClFN4O2S/c1-3-30-20(29)18-13(2)25-21-26-22(31-12-14-5-4-6-17(24)11-14)27-28(21)19(18)15-7-9-16(23)10-8-15/h4-11,19H,3,12H2,1-2H3,(H,25,26,27)/t19-/m1/s1. The number of fused-ring (bicyclic) bond motifs is 1. The summed E-state index contributed by atoms with van der Waals surface area (Å²) < 4.78 is 20.4. The third-order valence-corrected chi connectivity index (χ3v) is 5.93. The summed E-state index contributed by atoms with van der Waals surface area (Å²) >= 11 is 7.45. The number of carbonyl (C=O) groups is 1. The molecular formula is C22H20ClFN4O2S. The maximum Gasteiger partial charge on any atom is 0.338 e. The molecule has 0 saturated carbocycles. The van der Waals surface area contributed by atoms with Crippen molar-refractivity contribution in [2.24, 2.45) is 0 Å². The Morgan fingerprint density at radius 1 is 1.29 bits per heavy atom. The average Bonchev–Trinajstić information content (AvgIpc) is 3.14. The van der Waals surface area contributed by atoms with E-state index >= 15 is 0 Å². The van der Waals surface area contributed by atoms with E-state index in [2.05, 4.69) is 15.4 Å². The van der Waals surface area contributed by atoms with Gasteiger partial charge in [0.2, 0.25) is 11.1 Å². The van der Waals surface area contributed by atoms with Crippen LogP contribution in [0.2, 0.25) is 5.02 Å². The van der Waals surface area contributed by atoms with Crippen molar-refractivity contribution in [3.8, 4) is 0 Å². The fourth-order valence-electron chi connectivity index (χ4n) is 3.39. The first-order chi connectivity index (χ1) is 15.0. The van der Waals surface area contributed by atoms with Crippen LogP contribution in [0.15, 0.2) is 65.0 Å². The lowest BCUT2D eigenvalue weighted by Gasteiger charge is -2.28. The highest BCUT2D eigenvalue weighted by Gasteiger charge is 2.35. The maximum atomic E-state index is 13.5. The molecule has 0 spiro atoms. The topological polar surface area (TPSA) is 69.0 Å². The molecule has 9 heteroatoms. The van der Waals surface area contributed by atoms with E-state index in [1.165, 1.54) is 23.9 Å². The van der Waals surface area contributed by atoms with Crippen LogP contribution >= 0.6 is 23.4 Å². The van der Waals surface area contributed by atoms with Gasteiger partial charge in [-0.2, -0.15) is 4.98 Å². The van der Waals surface area contributed by atoms with Crippen LogP contribution in [-0.2, 0) is 15.3 Å². The zero-order valence-corrected chi connectivity index (χ0v) is 18.5. The summed E-state index contributed by atoms with van der Waals surface area (Å²) in [6.07, 6.45) is 0. The number of benzene rings is 2. The Bertz CT molecular complexity index is 1150. The number of esters is 1. The van der Waals surface area contributed by atoms with E-state index in [0.717, 1.165) is 11.1 Å². The van der Waals surface area contributed by atoms with Gasteiger partial charge in [-0.15, -0.1) is 5.10 Å². The summed E-state index contributed by atoms with van der Waals surface area (Å²) in [6, 6.07) is 13.2. The molecule has 0 aliphatic carbocycles. The van der Waals surface area contributed by atoms with Gasteiger partial charge in [0.05, 0.1) is 12.2 Å². The lowest BCUT2D eigenvalue weighted by molar-refractivity contribution is -0.139. The van der Waals surface area contributed by atoms with Gasteiger partial charge in [0.15, 0.2) is 0 Å². The Balaban J connectivity index is 1.68. The van der Waals surface area contributed by atoms with Gasteiger partial charge in [-0.05, 0) is 49.2 Å². The predicted octanol–water partition coefficient (Wildman–Crippen LogP) is 5.21. The molecule has 0 radical (unpaired) electrons. The molecule has 6 nitrogen and oxygen atoms in total. The largest absolute Gasteiger partial charge is 0.463 e. The number of anilines is 1. The van der Waals surface area contributed by atoms with Crippen molar-refractivity contribution < 1.29 is 13.9 Å². The fraction of sp³-hybridized carbons (Fsp3) is 0.227. The van der Waals surface area contributed by atoms with Crippen molar-refractivity contribution in [1.82, 2.24) is 14.8 Å². The third-order valence-electron chi connectivity index (χ3n) is 4.77. The first-order valence-corrected chi connectivity index (χ1v) is 11.1. The van der Waals surface area contributed by atoms with E-state index in [9.17, 15) is 9.18 Å². The Labute approximate surface area is 188 Å². The van der Waals surface area contributed by atoms with Crippen molar-refractivity contribution in [3.05, 3.63) is 81.8 Å².